The third-order valence-electron chi connectivity index (χ3n) is 7.31. The van der Waals surface area contributed by atoms with Crippen LogP contribution in [0, 0.1) is 17.8 Å². The maximum atomic E-state index is 12.8. The van der Waals surface area contributed by atoms with Crippen LogP contribution >= 0.6 is 0 Å². The fourth-order valence-corrected chi connectivity index (χ4v) is 4.77. The summed E-state index contributed by atoms with van der Waals surface area (Å²) in [5.74, 6) is 0.517. The Hall–Kier alpha value is -4.38. The molecule has 0 rings (SSSR count). The van der Waals surface area contributed by atoms with Gasteiger partial charge < -0.3 is 63.2 Å². The lowest BCUT2D eigenvalue weighted by molar-refractivity contribution is 0.0508. The number of urea groups is 5. The molecule has 0 fully saturated rings. The Morgan fingerprint density at radius 1 is 0.500 bits per heavy atom. The lowest BCUT2D eigenvalue weighted by atomic mass is 10.0. The highest BCUT2D eigenvalue weighted by Crippen LogP contribution is 2.07. The van der Waals surface area contributed by atoms with Gasteiger partial charge in [0.25, 0.3) is 0 Å². The van der Waals surface area contributed by atoms with Crippen molar-refractivity contribution in [3.8, 4) is 0 Å². The second-order valence-corrected chi connectivity index (χ2v) is 15.3. The van der Waals surface area contributed by atoms with E-state index >= 15 is 0 Å². The first-order valence-electron chi connectivity index (χ1n) is 18.2. The number of hydrogen-bond donors (Lipinski definition) is 11. The number of carbonyl (C=O) groups excluding carboxylic acids is 6. The van der Waals surface area contributed by atoms with Gasteiger partial charge in [-0.05, 0) is 65.2 Å². The van der Waals surface area contributed by atoms with E-state index in [1.807, 2.05) is 41.5 Å². The number of alkyl carbamates (subject to hydrolysis) is 1. The van der Waals surface area contributed by atoms with E-state index in [9.17, 15) is 28.8 Å². The van der Waals surface area contributed by atoms with E-state index in [-0.39, 0.29) is 68.7 Å². The van der Waals surface area contributed by atoms with Gasteiger partial charge in [-0.15, -0.1) is 0 Å². The Kier molecular flexibility index (Phi) is 22.7. The van der Waals surface area contributed by atoms with E-state index in [1.54, 1.807) is 34.6 Å². The summed E-state index contributed by atoms with van der Waals surface area (Å²) < 4.78 is 5.24. The van der Waals surface area contributed by atoms with E-state index in [1.165, 1.54) is 7.05 Å². The Bertz CT molecular complexity index is 1120. The van der Waals surface area contributed by atoms with Crippen molar-refractivity contribution >= 4 is 36.2 Å². The molecule has 0 saturated heterocycles. The highest BCUT2D eigenvalue weighted by Gasteiger charge is 2.22. The molecule has 0 aromatic carbocycles. The van der Waals surface area contributed by atoms with Crippen LogP contribution in [0.5, 0.6) is 0 Å². The van der Waals surface area contributed by atoms with E-state index in [4.69, 9.17) is 4.74 Å². The summed E-state index contributed by atoms with van der Waals surface area (Å²) in [7, 11) is 1.52. The van der Waals surface area contributed by atoms with Gasteiger partial charge in [-0.25, -0.2) is 28.8 Å². The van der Waals surface area contributed by atoms with Gasteiger partial charge in [-0.1, -0.05) is 41.5 Å². The van der Waals surface area contributed by atoms with Crippen molar-refractivity contribution in [3.63, 3.8) is 0 Å². The zero-order chi connectivity index (χ0) is 40.0. The Balaban J connectivity index is 4.79. The summed E-state index contributed by atoms with van der Waals surface area (Å²) >= 11 is 0. The van der Waals surface area contributed by atoms with E-state index in [0.717, 1.165) is 0 Å². The van der Waals surface area contributed by atoms with Gasteiger partial charge in [0.2, 0.25) is 0 Å². The maximum absolute atomic E-state index is 12.8. The first kappa shape index (κ1) is 47.6. The van der Waals surface area contributed by atoms with Crippen LogP contribution in [-0.2, 0) is 4.74 Å². The molecular weight excluding hydrogens is 674 g/mol. The number of rotatable bonds is 20. The molecule has 18 heteroatoms. The van der Waals surface area contributed by atoms with Crippen LogP contribution in [0.15, 0.2) is 0 Å². The van der Waals surface area contributed by atoms with Gasteiger partial charge in [0, 0.05) is 63.9 Å². The molecule has 11 amide bonds. The third kappa shape index (κ3) is 25.6. The molecule has 0 bridgehead atoms. The van der Waals surface area contributed by atoms with Crippen molar-refractivity contribution < 1.29 is 33.5 Å². The Labute approximate surface area is 310 Å². The SMILES string of the molecule is CNC(=O)NC[C@H](CC(C)C)NC(=O)NC[C@H](C)NC(=O)NC[C@@H](NC(=O)NC[C@H](CC(C)C)NC(=O)NC[C@H](C)NC(=O)OC(C)(C)C)C(C)C. The average Bonchev–Trinajstić information content (AvgIpc) is 3.00. The van der Waals surface area contributed by atoms with Crippen LogP contribution in [0.4, 0.5) is 28.8 Å². The number of carbonyl (C=O) groups is 6. The fourth-order valence-electron chi connectivity index (χ4n) is 4.77. The molecular formula is C34H69N11O7. The zero-order valence-electron chi connectivity index (χ0n) is 33.4. The first-order valence-corrected chi connectivity index (χ1v) is 18.2. The first-order chi connectivity index (χ1) is 24.1. The summed E-state index contributed by atoms with van der Waals surface area (Å²) in [6.45, 7) is 21.6. The summed E-state index contributed by atoms with van der Waals surface area (Å²) in [6.07, 6.45) is 0.702. The lowest BCUT2D eigenvalue weighted by Crippen LogP contribution is -2.55. The molecule has 0 aliphatic heterocycles. The van der Waals surface area contributed by atoms with Crippen LogP contribution < -0.4 is 58.5 Å². The lowest BCUT2D eigenvalue weighted by Gasteiger charge is -2.26. The smallest absolute Gasteiger partial charge is 0.407 e. The van der Waals surface area contributed by atoms with Crippen molar-refractivity contribution in [1.29, 1.82) is 0 Å². The Morgan fingerprint density at radius 2 is 0.885 bits per heavy atom. The minimum atomic E-state index is -0.634. The predicted molar refractivity (Wildman–Crippen MR) is 202 cm³/mol. The molecule has 5 atom stereocenters. The summed E-state index contributed by atoms with van der Waals surface area (Å²) in [5, 5.41) is 30.3. The topological polar surface area (TPSA) is 244 Å². The van der Waals surface area contributed by atoms with Gasteiger partial charge >= 0.3 is 36.2 Å². The van der Waals surface area contributed by atoms with Crippen molar-refractivity contribution in [1.82, 2.24) is 58.5 Å². The van der Waals surface area contributed by atoms with Gasteiger partial charge in [0.1, 0.15) is 5.60 Å². The monoisotopic (exact) mass is 744 g/mol. The van der Waals surface area contributed by atoms with Crippen LogP contribution in [0.3, 0.4) is 0 Å². The molecule has 0 saturated carbocycles. The third-order valence-corrected chi connectivity index (χ3v) is 7.31. The van der Waals surface area contributed by atoms with Crippen LogP contribution in [0.1, 0.15) is 89.0 Å². The fraction of sp³-hybridized carbons (Fsp3) is 0.824. The second kappa shape index (κ2) is 24.7. The number of hydrogen-bond acceptors (Lipinski definition) is 7. The predicted octanol–water partition coefficient (Wildman–Crippen LogP) is 2.27. The number of ether oxygens (including phenoxy) is 1. The van der Waals surface area contributed by atoms with Crippen LogP contribution in [-0.4, -0.2) is 112 Å². The average molecular weight is 744 g/mol. The molecule has 52 heavy (non-hydrogen) atoms. The minimum absolute atomic E-state index is 0.0165. The number of amides is 11. The molecule has 0 radical (unpaired) electrons. The molecule has 0 aliphatic rings. The minimum Gasteiger partial charge on any atom is -0.444 e. The van der Waals surface area contributed by atoms with Gasteiger partial charge in [0.05, 0.1) is 6.04 Å². The van der Waals surface area contributed by atoms with Crippen molar-refractivity contribution in [2.45, 2.75) is 125 Å². The highest BCUT2D eigenvalue weighted by molar-refractivity contribution is 5.77. The second-order valence-electron chi connectivity index (χ2n) is 15.3. The molecule has 0 aliphatic carbocycles. The molecule has 11 N–H and O–H groups in total. The molecule has 0 heterocycles. The molecule has 0 unspecified atom stereocenters. The molecule has 302 valence electrons. The quantitative estimate of drug-likeness (QED) is 0.0888. The van der Waals surface area contributed by atoms with Gasteiger partial charge in [0.15, 0.2) is 0 Å². The summed E-state index contributed by atoms with van der Waals surface area (Å²) in [4.78, 5) is 74.1. The van der Waals surface area contributed by atoms with Crippen molar-refractivity contribution in [2.75, 3.05) is 39.8 Å². The summed E-state index contributed by atoms with van der Waals surface area (Å²) in [5.41, 5.74) is -0.634. The number of nitrogens with one attached hydrogen (secondary N) is 11. The zero-order valence-corrected chi connectivity index (χ0v) is 33.4. The van der Waals surface area contributed by atoms with E-state index in [2.05, 4.69) is 58.5 Å². The van der Waals surface area contributed by atoms with Crippen molar-refractivity contribution in [2.24, 2.45) is 17.8 Å². The standard InChI is InChI=1S/C34H69N11O7/c1-20(2)13-25(17-38-28(46)35-12)43-30(48)36-15-23(7)41-29(47)40-19-27(22(5)6)45-32(50)39-18-26(14-21(3)4)44-31(49)37-16-24(8)42-33(51)52-34(9,10)11/h20-27H,13-19H2,1-12H3,(H,42,51)(H2,35,38,46)(H2,36,43,48)(H2,37,44,49)(H2,39,45,50)(H2,40,41,47)/t23-,24-,25-,26-,27+/m0/s1. The van der Waals surface area contributed by atoms with Crippen LogP contribution in [0.25, 0.3) is 0 Å². The van der Waals surface area contributed by atoms with Gasteiger partial charge in [-0.3, -0.25) is 0 Å². The van der Waals surface area contributed by atoms with E-state index in [0.29, 0.717) is 18.8 Å². The van der Waals surface area contributed by atoms with Gasteiger partial charge in [-0.2, -0.15) is 0 Å². The molecule has 18 nitrogen and oxygen atoms in total. The maximum Gasteiger partial charge on any atom is 0.407 e. The van der Waals surface area contributed by atoms with E-state index < -0.39 is 47.9 Å². The van der Waals surface area contributed by atoms with Crippen molar-refractivity contribution in [3.05, 3.63) is 0 Å². The summed E-state index contributed by atoms with van der Waals surface area (Å²) in [6, 6.07) is -3.90. The molecule has 0 spiro atoms. The largest absolute Gasteiger partial charge is 0.444 e. The van der Waals surface area contributed by atoms with Crippen LogP contribution in [0.2, 0.25) is 0 Å². The highest BCUT2D eigenvalue weighted by atomic mass is 16.6. The normalized spacial score (nSPS) is 14.1. The molecule has 0 aromatic rings. The Morgan fingerprint density at radius 3 is 1.31 bits per heavy atom. The molecule has 0 aromatic heterocycles.